The molecule has 0 radical (unpaired) electrons. The van der Waals surface area contributed by atoms with Crippen molar-refractivity contribution in [2.24, 2.45) is 0 Å². The van der Waals surface area contributed by atoms with Crippen LogP contribution < -0.4 is 16.6 Å². The van der Waals surface area contributed by atoms with Crippen molar-refractivity contribution in [3.05, 3.63) is 83.2 Å². The lowest BCUT2D eigenvalue weighted by Crippen LogP contribution is -2.24. The van der Waals surface area contributed by atoms with Crippen LogP contribution in [0.4, 0.5) is 17.3 Å². The summed E-state index contributed by atoms with van der Waals surface area (Å²) in [6.45, 7) is 3.82. The van der Waals surface area contributed by atoms with E-state index in [4.69, 9.17) is 10.7 Å². The predicted octanol–water partition coefficient (Wildman–Crippen LogP) is 4.27. The van der Waals surface area contributed by atoms with Crippen LogP contribution in [-0.2, 0) is 0 Å². The van der Waals surface area contributed by atoms with Gasteiger partial charge in [0, 0.05) is 17.3 Å². The van der Waals surface area contributed by atoms with E-state index in [1.807, 2.05) is 74.5 Å². The van der Waals surface area contributed by atoms with Crippen molar-refractivity contribution in [3.8, 4) is 22.6 Å². The van der Waals surface area contributed by atoms with Gasteiger partial charge >= 0.3 is 0 Å². The first-order valence-corrected chi connectivity index (χ1v) is 9.68. The molecule has 4 rings (SSSR count). The molecule has 0 spiro atoms. The van der Waals surface area contributed by atoms with Crippen molar-refractivity contribution in [1.29, 1.82) is 0 Å². The van der Waals surface area contributed by atoms with E-state index in [1.165, 1.54) is 10.7 Å². The number of rotatable bonds is 5. The van der Waals surface area contributed by atoms with Crippen LogP contribution in [0, 0.1) is 0 Å². The maximum atomic E-state index is 12.2. The minimum Gasteiger partial charge on any atom is -0.381 e. The van der Waals surface area contributed by atoms with E-state index >= 15 is 0 Å². The smallest absolute Gasteiger partial charge is 0.267 e. The fourth-order valence-electron chi connectivity index (χ4n) is 3.10. The molecule has 2 heterocycles. The van der Waals surface area contributed by atoms with E-state index in [1.54, 1.807) is 6.07 Å². The first-order chi connectivity index (χ1) is 14.5. The van der Waals surface area contributed by atoms with Crippen LogP contribution in [0.2, 0.25) is 0 Å². The van der Waals surface area contributed by atoms with Gasteiger partial charge < -0.3 is 11.1 Å². The van der Waals surface area contributed by atoms with Crippen LogP contribution >= 0.6 is 0 Å². The van der Waals surface area contributed by atoms with E-state index in [-0.39, 0.29) is 17.4 Å². The third-order valence-electron chi connectivity index (χ3n) is 4.56. The van der Waals surface area contributed by atoms with Gasteiger partial charge in [0.15, 0.2) is 11.6 Å². The summed E-state index contributed by atoms with van der Waals surface area (Å²) in [5.74, 6) is 0.707. The van der Waals surface area contributed by atoms with Gasteiger partial charge in [-0.1, -0.05) is 48.5 Å². The third-order valence-corrected chi connectivity index (χ3v) is 4.56. The van der Waals surface area contributed by atoms with Crippen molar-refractivity contribution in [2.75, 3.05) is 11.1 Å². The molecule has 0 atom stereocenters. The highest BCUT2D eigenvalue weighted by atomic mass is 16.1. The second kappa shape index (κ2) is 8.16. The Kier molecular flexibility index (Phi) is 5.26. The molecule has 0 bridgehead atoms. The lowest BCUT2D eigenvalue weighted by atomic mass is 10.1. The number of aromatic nitrogens is 4. The SMILES string of the molecule is CC(C)n1nc(-c2nc(Nc3ccccc3)c(N)nc2-c2ccccc2)ccc1=O. The normalized spacial score (nSPS) is 10.9. The summed E-state index contributed by atoms with van der Waals surface area (Å²) in [6, 6.07) is 22.4. The Morgan fingerprint density at radius 2 is 1.53 bits per heavy atom. The lowest BCUT2D eigenvalue weighted by Gasteiger charge is -2.15. The molecule has 0 saturated carbocycles. The number of nitrogens with zero attached hydrogens (tertiary/aromatic N) is 4. The largest absolute Gasteiger partial charge is 0.381 e. The van der Waals surface area contributed by atoms with Crippen LogP contribution in [0.25, 0.3) is 22.6 Å². The molecule has 2 aromatic heterocycles. The van der Waals surface area contributed by atoms with E-state index in [0.29, 0.717) is 22.9 Å². The van der Waals surface area contributed by atoms with Crippen molar-refractivity contribution >= 4 is 17.3 Å². The lowest BCUT2D eigenvalue weighted by molar-refractivity contribution is 0.504. The Morgan fingerprint density at radius 1 is 0.867 bits per heavy atom. The zero-order valence-corrected chi connectivity index (χ0v) is 16.8. The third kappa shape index (κ3) is 3.91. The van der Waals surface area contributed by atoms with Gasteiger partial charge in [0.25, 0.3) is 5.56 Å². The van der Waals surface area contributed by atoms with Gasteiger partial charge in [-0.3, -0.25) is 4.79 Å². The van der Waals surface area contributed by atoms with Crippen molar-refractivity contribution < 1.29 is 0 Å². The average molecular weight is 398 g/mol. The number of anilines is 3. The zero-order valence-electron chi connectivity index (χ0n) is 16.8. The molecule has 0 fully saturated rings. The Bertz CT molecular complexity index is 1220. The molecule has 0 amide bonds. The van der Waals surface area contributed by atoms with E-state index in [2.05, 4.69) is 15.4 Å². The number of hydrogen-bond acceptors (Lipinski definition) is 6. The molecule has 0 aliphatic heterocycles. The summed E-state index contributed by atoms with van der Waals surface area (Å²) < 4.78 is 1.44. The Labute approximate surface area is 174 Å². The Balaban J connectivity index is 1.91. The van der Waals surface area contributed by atoms with Gasteiger partial charge in [0.05, 0.1) is 6.04 Å². The molecule has 0 aliphatic rings. The number of nitrogens with two attached hydrogens (primary N) is 1. The highest BCUT2D eigenvalue weighted by Crippen LogP contribution is 2.32. The molecule has 0 unspecified atom stereocenters. The fourth-order valence-corrected chi connectivity index (χ4v) is 3.10. The van der Waals surface area contributed by atoms with Gasteiger partial charge in [-0.05, 0) is 32.0 Å². The van der Waals surface area contributed by atoms with Crippen LogP contribution in [0.3, 0.4) is 0 Å². The number of benzene rings is 2. The summed E-state index contributed by atoms with van der Waals surface area (Å²) in [5, 5.41) is 7.75. The predicted molar refractivity (Wildman–Crippen MR) is 119 cm³/mol. The van der Waals surface area contributed by atoms with Gasteiger partial charge in [0.1, 0.15) is 17.1 Å². The quantitative estimate of drug-likeness (QED) is 0.521. The number of hydrogen-bond donors (Lipinski definition) is 2. The molecule has 0 aliphatic carbocycles. The molecule has 150 valence electrons. The number of para-hydroxylation sites is 1. The van der Waals surface area contributed by atoms with Crippen LogP contribution in [-0.4, -0.2) is 19.7 Å². The topological polar surface area (TPSA) is 98.7 Å². The Hall–Kier alpha value is -4.00. The zero-order chi connectivity index (χ0) is 21.1. The summed E-state index contributed by atoms with van der Waals surface area (Å²) in [7, 11) is 0. The highest BCUT2D eigenvalue weighted by molar-refractivity contribution is 5.80. The fraction of sp³-hybridized carbons (Fsp3) is 0.130. The molecular weight excluding hydrogens is 376 g/mol. The summed E-state index contributed by atoms with van der Waals surface area (Å²) in [5.41, 5.74) is 9.48. The van der Waals surface area contributed by atoms with Gasteiger partial charge in [-0.2, -0.15) is 5.10 Å². The molecule has 7 heteroatoms. The maximum Gasteiger partial charge on any atom is 0.267 e. The molecule has 2 aromatic carbocycles. The molecular formula is C23H22N6O. The van der Waals surface area contributed by atoms with Gasteiger partial charge in [-0.25, -0.2) is 14.6 Å². The first kappa shape index (κ1) is 19.3. The molecule has 3 N–H and O–H groups in total. The monoisotopic (exact) mass is 398 g/mol. The van der Waals surface area contributed by atoms with Gasteiger partial charge in [-0.15, -0.1) is 0 Å². The van der Waals surface area contributed by atoms with Crippen LogP contribution in [0.1, 0.15) is 19.9 Å². The van der Waals surface area contributed by atoms with Crippen LogP contribution in [0.15, 0.2) is 77.6 Å². The number of nitrogen functional groups attached to an aromatic ring is 1. The highest BCUT2D eigenvalue weighted by Gasteiger charge is 2.18. The Morgan fingerprint density at radius 3 is 2.20 bits per heavy atom. The van der Waals surface area contributed by atoms with E-state index in [9.17, 15) is 4.79 Å². The molecule has 30 heavy (non-hydrogen) atoms. The standard InChI is InChI=1S/C23H22N6O/c1-15(2)29-19(30)14-13-18(28-29)21-20(16-9-5-3-6-10-16)26-22(24)23(27-21)25-17-11-7-4-8-12-17/h3-15H,1-2H3,(H2,24,26)(H,25,27). The summed E-state index contributed by atoms with van der Waals surface area (Å²) in [4.78, 5) is 21.6. The van der Waals surface area contributed by atoms with Crippen molar-refractivity contribution in [1.82, 2.24) is 19.7 Å². The van der Waals surface area contributed by atoms with Crippen molar-refractivity contribution in [2.45, 2.75) is 19.9 Å². The summed E-state index contributed by atoms with van der Waals surface area (Å²) >= 11 is 0. The molecule has 7 nitrogen and oxygen atoms in total. The minimum atomic E-state index is -0.166. The average Bonchev–Trinajstić information content (AvgIpc) is 2.76. The first-order valence-electron chi connectivity index (χ1n) is 9.68. The maximum absolute atomic E-state index is 12.2. The van der Waals surface area contributed by atoms with E-state index < -0.39 is 0 Å². The van der Waals surface area contributed by atoms with Crippen LogP contribution in [0.5, 0.6) is 0 Å². The second-order valence-corrected chi connectivity index (χ2v) is 7.11. The molecule has 4 aromatic rings. The van der Waals surface area contributed by atoms with E-state index in [0.717, 1.165) is 11.3 Å². The molecule has 0 saturated heterocycles. The number of nitrogens with one attached hydrogen (secondary N) is 1. The second-order valence-electron chi connectivity index (χ2n) is 7.11. The summed E-state index contributed by atoms with van der Waals surface area (Å²) in [6.07, 6.45) is 0. The minimum absolute atomic E-state index is 0.0821. The van der Waals surface area contributed by atoms with Crippen molar-refractivity contribution in [3.63, 3.8) is 0 Å². The van der Waals surface area contributed by atoms with Gasteiger partial charge in [0.2, 0.25) is 0 Å².